The van der Waals surface area contributed by atoms with Crippen LogP contribution in [-0.2, 0) is 0 Å². The van der Waals surface area contributed by atoms with Gasteiger partial charge in [-0.15, -0.1) is 0 Å². The van der Waals surface area contributed by atoms with Gasteiger partial charge in [-0.3, -0.25) is 0 Å². The molecule has 0 fully saturated rings. The third-order valence-electron chi connectivity index (χ3n) is 2.20. The SMILES string of the molecule is CCNc1ncc(F)c(-c2ccc(Cl)cc2)n1. The first-order valence-corrected chi connectivity index (χ1v) is 5.61. The number of hydrogen-bond acceptors (Lipinski definition) is 3. The van der Waals surface area contributed by atoms with E-state index in [0.717, 1.165) is 6.20 Å². The average Bonchev–Trinajstić information content (AvgIpc) is 2.33. The Hall–Kier alpha value is -1.68. The fourth-order valence-electron chi connectivity index (χ4n) is 1.42. The summed E-state index contributed by atoms with van der Waals surface area (Å²) in [5.41, 5.74) is 0.945. The number of hydrogen-bond donors (Lipinski definition) is 1. The van der Waals surface area contributed by atoms with E-state index in [-0.39, 0.29) is 5.69 Å². The van der Waals surface area contributed by atoms with Crippen molar-refractivity contribution in [3.8, 4) is 11.3 Å². The second-order valence-corrected chi connectivity index (χ2v) is 3.86. The number of benzene rings is 1. The molecular weight excluding hydrogens is 241 g/mol. The lowest BCUT2D eigenvalue weighted by Gasteiger charge is -2.06. The van der Waals surface area contributed by atoms with Crippen molar-refractivity contribution >= 4 is 17.5 Å². The zero-order valence-corrected chi connectivity index (χ0v) is 10.0. The molecule has 88 valence electrons. The topological polar surface area (TPSA) is 37.8 Å². The highest BCUT2D eigenvalue weighted by Gasteiger charge is 2.08. The van der Waals surface area contributed by atoms with Gasteiger partial charge in [0.15, 0.2) is 5.82 Å². The minimum absolute atomic E-state index is 0.271. The molecule has 0 saturated heterocycles. The number of rotatable bonds is 3. The van der Waals surface area contributed by atoms with E-state index in [1.165, 1.54) is 0 Å². The van der Waals surface area contributed by atoms with Crippen molar-refractivity contribution in [3.63, 3.8) is 0 Å². The smallest absolute Gasteiger partial charge is 0.223 e. The molecule has 5 heteroatoms. The van der Waals surface area contributed by atoms with E-state index in [1.807, 2.05) is 6.92 Å². The molecule has 0 spiro atoms. The van der Waals surface area contributed by atoms with E-state index in [1.54, 1.807) is 24.3 Å². The van der Waals surface area contributed by atoms with E-state index in [0.29, 0.717) is 23.1 Å². The van der Waals surface area contributed by atoms with Crippen LogP contribution in [0.15, 0.2) is 30.5 Å². The maximum atomic E-state index is 13.6. The Kier molecular flexibility index (Phi) is 3.54. The molecule has 2 rings (SSSR count). The monoisotopic (exact) mass is 251 g/mol. The third-order valence-corrected chi connectivity index (χ3v) is 2.45. The molecule has 0 aliphatic heterocycles. The molecule has 1 aromatic heterocycles. The number of nitrogens with one attached hydrogen (secondary N) is 1. The summed E-state index contributed by atoms with van der Waals surface area (Å²) in [4.78, 5) is 7.97. The summed E-state index contributed by atoms with van der Waals surface area (Å²) in [6, 6.07) is 6.85. The summed E-state index contributed by atoms with van der Waals surface area (Å²) in [5.74, 6) is -0.0344. The van der Waals surface area contributed by atoms with Crippen molar-refractivity contribution in [2.45, 2.75) is 6.92 Å². The molecule has 0 aliphatic carbocycles. The number of aromatic nitrogens is 2. The Balaban J connectivity index is 2.42. The molecule has 0 saturated carbocycles. The summed E-state index contributed by atoms with van der Waals surface area (Å²) < 4.78 is 13.6. The molecule has 0 atom stereocenters. The Morgan fingerprint density at radius 3 is 2.65 bits per heavy atom. The quantitative estimate of drug-likeness (QED) is 0.909. The van der Waals surface area contributed by atoms with Crippen molar-refractivity contribution in [2.75, 3.05) is 11.9 Å². The maximum absolute atomic E-state index is 13.6. The van der Waals surface area contributed by atoms with Crippen LogP contribution in [0.3, 0.4) is 0 Å². The summed E-state index contributed by atoms with van der Waals surface area (Å²) in [6.07, 6.45) is 1.16. The largest absolute Gasteiger partial charge is 0.354 e. The molecule has 0 radical (unpaired) electrons. The van der Waals surface area contributed by atoms with Crippen LogP contribution in [0.1, 0.15) is 6.92 Å². The van der Waals surface area contributed by atoms with Gasteiger partial charge in [0.25, 0.3) is 0 Å². The zero-order valence-electron chi connectivity index (χ0n) is 9.24. The molecule has 3 nitrogen and oxygen atoms in total. The van der Waals surface area contributed by atoms with Gasteiger partial charge in [0.2, 0.25) is 5.95 Å². The molecule has 17 heavy (non-hydrogen) atoms. The van der Waals surface area contributed by atoms with E-state index in [2.05, 4.69) is 15.3 Å². The van der Waals surface area contributed by atoms with Crippen LogP contribution in [-0.4, -0.2) is 16.5 Å². The Bertz CT molecular complexity index is 514. The van der Waals surface area contributed by atoms with Gasteiger partial charge < -0.3 is 5.32 Å². The van der Waals surface area contributed by atoms with Crippen molar-refractivity contribution < 1.29 is 4.39 Å². The molecule has 1 heterocycles. The fourth-order valence-corrected chi connectivity index (χ4v) is 1.55. The zero-order chi connectivity index (χ0) is 12.3. The highest BCUT2D eigenvalue weighted by atomic mass is 35.5. The van der Waals surface area contributed by atoms with Crippen LogP contribution < -0.4 is 5.32 Å². The summed E-state index contributed by atoms with van der Waals surface area (Å²) in [5, 5.41) is 3.55. The number of anilines is 1. The summed E-state index contributed by atoms with van der Waals surface area (Å²) in [6.45, 7) is 2.61. The second kappa shape index (κ2) is 5.10. The van der Waals surface area contributed by atoms with Crippen LogP contribution >= 0.6 is 11.6 Å². The number of halogens is 2. The molecule has 1 aromatic carbocycles. The predicted molar refractivity (Wildman–Crippen MR) is 66.6 cm³/mol. The predicted octanol–water partition coefficient (Wildman–Crippen LogP) is 3.37. The second-order valence-electron chi connectivity index (χ2n) is 3.43. The minimum atomic E-state index is -0.450. The van der Waals surface area contributed by atoms with Gasteiger partial charge in [0.05, 0.1) is 6.20 Å². The Morgan fingerprint density at radius 1 is 1.29 bits per heavy atom. The van der Waals surface area contributed by atoms with Crippen LogP contribution in [0.2, 0.25) is 5.02 Å². The van der Waals surface area contributed by atoms with Crippen molar-refractivity contribution in [2.24, 2.45) is 0 Å². The van der Waals surface area contributed by atoms with E-state index < -0.39 is 5.82 Å². The summed E-state index contributed by atoms with van der Waals surface area (Å²) >= 11 is 5.78. The first-order valence-electron chi connectivity index (χ1n) is 5.23. The standard InChI is InChI=1S/C12H11ClFN3/c1-2-15-12-16-7-10(14)11(17-12)8-3-5-9(13)6-4-8/h3-7H,2H2,1H3,(H,15,16,17). The average molecular weight is 252 g/mol. The first kappa shape index (κ1) is 11.8. The lowest BCUT2D eigenvalue weighted by molar-refractivity contribution is 0.618. The van der Waals surface area contributed by atoms with E-state index in [4.69, 9.17) is 11.6 Å². The first-order chi connectivity index (χ1) is 8.20. The molecule has 0 amide bonds. The van der Waals surface area contributed by atoms with Crippen molar-refractivity contribution in [1.82, 2.24) is 9.97 Å². The van der Waals surface area contributed by atoms with Crippen LogP contribution in [0, 0.1) is 5.82 Å². The van der Waals surface area contributed by atoms with Gasteiger partial charge in [-0.05, 0) is 19.1 Å². The van der Waals surface area contributed by atoms with Crippen LogP contribution in [0.5, 0.6) is 0 Å². The normalized spacial score (nSPS) is 10.3. The van der Waals surface area contributed by atoms with Crippen LogP contribution in [0.25, 0.3) is 11.3 Å². The lowest BCUT2D eigenvalue weighted by atomic mass is 10.1. The Labute approximate surface area is 104 Å². The molecule has 1 N–H and O–H groups in total. The van der Waals surface area contributed by atoms with Gasteiger partial charge >= 0.3 is 0 Å². The van der Waals surface area contributed by atoms with Crippen molar-refractivity contribution in [1.29, 1.82) is 0 Å². The Morgan fingerprint density at radius 2 is 2.00 bits per heavy atom. The van der Waals surface area contributed by atoms with Gasteiger partial charge in [-0.25, -0.2) is 14.4 Å². The highest BCUT2D eigenvalue weighted by molar-refractivity contribution is 6.30. The molecule has 0 unspecified atom stereocenters. The lowest BCUT2D eigenvalue weighted by Crippen LogP contribution is -2.03. The maximum Gasteiger partial charge on any atom is 0.223 e. The van der Waals surface area contributed by atoms with Gasteiger partial charge in [-0.1, -0.05) is 23.7 Å². The minimum Gasteiger partial charge on any atom is -0.354 e. The molecular formula is C12H11ClFN3. The highest BCUT2D eigenvalue weighted by Crippen LogP contribution is 2.22. The number of nitrogens with zero attached hydrogens (tertiary/aromatic N) is 2. The molecule has 0 aliphatic rings. The van der Waals surface area contributed by atoms with Crippen molar-refractivity contribution in [3.05, 3.63) is 41.3 Å². The van der Waals surface area contributed by atoms with Gasteiger partial charge in [-0.2, -0.15) is 0 Å². The van der Waals surface area contributed by atoms with Crippen LogP contribution in [0.4, 0.5) is 10.3 Å². The molecule has 2 aromatic rings. The third kappa shape index (κ3) is 2.71. The van der Waals surface area contributed by atoms with E-state index in [9.17, 15) is 4.39 Å². The van der Waals surface area contributed by atoms with E-state index >= 15 is 0 Å². The molecule has 0 bridgehead atoms. The summed E-state index contributed by atoms with van der Waals surface area (Å²) in [7, 11) is 0. The fraction of sp³-hybridized carbons (Fsp3) is 0.167. The van der Waals surface area contributed by atoms with Gasteiger partial charge in [0, 0.05) is 17.1 Å². The van der Waals surface area contributed by atoms with Gasteiger partial charge in [0.1, 0.15) is 5.69 Å².